The molecule has 0 aliphatic rings. The first-order valence-electron chi connectivity index (χ1n) is 3.82. The van der Waals surface area contributed by atoms with Crippen molar-refractivity contribution in [3.05, 3.63) is 35.5 Å². The van der Waals surface area contributed by atoms with Crippen molar-refractivity contribution in [3.8, 4) is 0 Å². The zero-order valence-corrected chi connectivity index (χ0v) is 6.90. The van der Waals surface area contributed by atoms with E-state index >= 15 is 0 Å². The second kappa shape index (κ2) is 2.85. The maximum atomic E-state index is 11.5. The van der Waals surface area contributed by atoms with Gasteiger partial charge in [-0.1, -0.05) is 6.08 Å². The van der Waals surface area contributed by atoms with E-state index in [1.807, 2.05) is 0 Å². The normalized spacial score (nSPS) is 10.5. The minimum Gasteiger partial charge on any atom is -0.278 e. The first-order valence-corrected chi connectivity index (χ1v) is 3.82. The summed E-state index contributed by atoms with van der Waals surface area (Å²) in [5.41, 5.74) is 0.442. The molecule has 2 aromatic rings. The Morgan fingerprint density at radius 1 is 1.69 bits per heavy atom. The van der Waals surface area contributed by atoms with Crippen LogP contribution in [0, 0.1) is 0 Å². The van der Waals surface area contributed by atoms with Gasteiger partial charge in [-0.2, -0.15) is 0 Å². The quantitative estimate of drug-likeness (QED) is 0.669. The predicted octanol–water partition coefficient (Wildman–Crippen LogP) is 0.306. The average molecular weight is 176 g/mol. The zero-order chi connectivity index (χ0) is 9.26. The van der Waals surface area contributed by atoms with Gasteiger partial charge in [0.15, 0.2) is 5.65 Å². The molecule has 0 radical (unpaired) electrons. The van der Waals surface area contributed by atoms with Gasteiger partial charge in [0.1, 0.15) is 11.7 Å². The lowest BCUT2D eigenvalue weighted by Gasteiger charge is -1.91. The summed E-state index contributed by atoms with van der Waals surface area (Å²) in [4.78, 5) is 19.2. The van der Waals surface area contributed by atoms with E-state index in [1.54, 1.807) is 6.08 Å². The summed E-state index contributed by atoms with van der Waals surface area (Å²) in [6.45, 7) is 4.01. The van der Waals surface area contributed by atoms with E-state index in [1.165, 1.54) is 17.2 Å². The molecule has 0 saturated carbocycles. The molecule has 0 fully saturated rings. The maximum Gasteiger partial charge on any atom is 0.277 e. The Balaban J connectivity index is 2.74. The Morgan fingerprint density at radius 3 is 3.23 bits per heavy atom. The highest BCUT2D eigenvalue weighted by molar-refractivity contribution is 5.71. The number of aromatic amines is 1. The maximum absolute atomic E-state index is 11.5. The van der Waals surface area contributed by atoms with E-state index in [0.29, 0.717) is 17.6 Å². The fraction of sp³-hybridized carbons (Fsp3) is 0.125. The number of hydrogen-bond donors (Lipinski definition) is 1. The number of H-pyrrole nitrogens is 1. The Hall–Kier alpha value is -1.91. The number of allylic oxidation sites excluding steroid dienone is 1. The molecule has 0 bridgehead atoms. The van der Waals surface area contributed by atoms with Crippen LogP contribution in [0.4, 0.5) is 0 Å². The first kappa shape index (κ1) is 7.72. The van der Waals surface area contributed by atoms with Gasteiger partial charge in [-0.05, 0) is 0 Å². The highest BCUT2D eigenvalue weighted by Crippen LogP contribution is 1.99. The van der Waals surface area contributed by atoms with Crippen LogP contribution < -0.4 is 5.56 Å². The van der Waals surface area contributed by atoms with E-state index in [4.69, 9.17) is 0 Å². The van der Waals surface area contributed by atoms with Gasteiger partial charge in [0.25, 0.3) is 5.56 Å². The lowest BCUT2D eigenvalue weighted by molar-refractivity contribution is 0.685. The molecule has 2 rings (SSSR count). The van der Waals surface area contributed by atoms with Crippen molar-refractivity contribution in [3.63, 3.8) is 0 Å². The molecule has 13 heavy (non-hydrogen) atoms. The Morgan fingerprint density at radius 2 is 2.54 bits per heavy atom. The van der Waals surface area contributed by atoms with E-state index in [0.717, 1.165) is 0 Å². The molecule has 0 saturated heterocycles. The minimum atomic E-state index is -0.115. The highest BCUT2D eigenvalue weighted by atomic mass is 16.1. The summed E-state index contributed by atoms with van der Waals surface area (Å²) in [5, 5.41) is 3.35. The van der Waals surface area contributed by atoms with Crippen LogP contribution in [-0.2, 0) is 6.54 Å². The fourth-order valence-electron chi connectivity index (χ4n) is 1.16. The predicted molar refractivity (Wildman–Crippen MR) is 48.3 cm³/mol. The van der Waals surface area contributed by atoms with Crippen molar-refractivity contribution in [2.45, 2.75) is 6.54 Å². The summed E-state index contributed by atoms with van der Waals surface area (Å²) < 4.78 is 1.44. The van der Waals surface area contributed by atoms with Crippen LogP contribution in [0.2, 0.25) is 0 Å². The number of nitrogens with zero attached hydrogens (tertiary/aromatic N) is 3. The Bertz CT molecular complexity index is 496. The van der Waals surface area contributed by atoms with E-state index < -0.39 is 0 Å². The number of aromatic nitrogens is 4. The van der Waals surface area contributed by atoms with Gasteiger partial charge in [-0.15, -0.1) is 6.58 Å². The van der Waals surface area contributed by atoms with Crippen LogP contribution in [0.25, 0.3) is 11.0 Å². The summed E-state index contributed by atoms with van der Waals surface area (Å²) in [7, 11) is 0. The highest BCUT2D eigenvalue weighted by Gasteiger charge is 2.04. The SMILES string of the molecule is C=CCn1[nH]c2ncncc2c1=O. The Labute approximate surface area is 73.7 Å². The molecule has 0 spiro atoms. The summed E-state index contributed by atoms with van der Waals surface area (Å²) >= 11 is 0. The van der Waals surface area contributed by atoms with Crippen LogP contribution in [0.15, 0.2) is 30.0 Å². The van der Waals surface area contributed by atoms with Crippen LogP contribution >= 0.6 is 0 Å². The van der Waals surface area contributed by atoms with Crippen LogP contribution in [-0.4, -0.2) is 19.7 Å². The lowest BCUT2D eigenvalue weighted by atomic mass is 10.4. The van der Waals surface area contributed by atoms with Crippen LogP contribution in [0.5, 0.6) is 0 Å². The minimum absolute atomic E-state index is 0.115. The van der Waals surface area contributed by atoms with E-state index in [9.17, 15) is 4.79 Å². The second-order valence-electron chi connectivity index (χ2n) is 2.60. The van der Waals surface area contributed by atoms with Crippen molar-refractivity contribution in [1.29, 1.82) is 0 Å². The zero-order valence-electron chi connectivity index (χ0n) is 6.90. The first-order chi connectivity index (χ1) is 6.33. The molecule has 1 N–H and O–H groups in total. The van der Waals surface area contributed by atoms with Gasteiger partial charge in [0.05, 0.1) is 6.54 Å². The molecular weight excluding hydrogens is 168 g/mol. The van der Waals surface area contributed by atoms with Gasteiger partial charge in [0.2, 0.25) is 0 Å². The van der Waals surface area contributed by atoms with Crippen molar-refractivity contribution in [2.75, 3.05) is 0 Å². The van der Waals surface area contributed by atoms with E-state index in [2.05, 4.69) is 21.6 Å². The Kier molecular flexibility index (Phi) is 1.70. The van der Waals surface area contributed by atoms with Gasteiger partial charge >= 0.3 is 0 Å². The summed E-state index contributed by atoms with van der Waals surface area (Å²) in [6, 6.07) is 0. The third kappa shape index (κ3) is 1.14. The molecule has 0 aliphatic carbocycles. The van der Waals surface area contributed by atoms with Crippen molar-refractivity contribution in [1.82, 2.24) is 19.7 Å². The molecule has 0 aliphatic heterocycles. The second-order valence-corrected chi connectivity index (χ2v) is 2.60. The molecule has 5 heteroatoms. The van der Waals surface area contributed by atoms with Gasteiger partial charge < -0.3 is 0 Å². The number of nitrogens with one attached hydrogen (secondary N) is 1. The number of fused-ring (bicyclic) bond motifs is 1. The molecule has 0 amide bonds. The van der Waals surface area contributed by atoms with Crippen LogP contribution in [0.1, 0.15) is 0 Å². The van der Waals surface area contributed by atoms with Crippen LogP contribution in [0.3, 0.4) is 0 Å². The van der Waals surface area contributed by atoms with Gasteiger partial charge in [0, 0.05) is 6.20 Å². The number of rotatable bonds is 2. The molecule has 2 aromatic heterocycles. The summed E-state index contributed by atoms with van der Waals surface area (Å²) in [6.07, 6.45) is 4.54. The molecule has 0 atom stereocenters. The molecule has 2 heterocycles. The van der Waals surface area contributed by atoms with Gasteiger partial charge in [-0.25, -0.2) is 14.6 Å². The third-order valence-corrected chi connectivity index (χ3v) is 1.74. The fourth-order valence-corrected chi connectivity index (χ4v) is 1.16. The molecule has 66 valence electrons. The van der Waals surface area contributed by atoms with Crippen molar-refractivity contribution < 1.29 is 0 Å². The smallest absolute Gasteiger partial charge is 0.277 e. The van der Waals surface area contributed by atoms with Gasteiger partial charge in [-0.3, -0.25) is 9.89 Å². The molecule has 0 unspecified atom stereocenters. The molecule has 5 nitrogen and oxygen atoms in total. The van der Waals surface area contributed by atoms with Crippen molar-refractivity contribution in [2.24, 2.45) is 0 Å². The van der Waals surface area contributed by atoms with E-state index in [-0.39, 0.29) is 5.56 Å². The summed E-state index contributed by atoms with van der Waals surface area (Å²) in [5.74, 6) is 0. The number of hydrogen-bond acceptors (Lipinski definition) is 3. The largest absolute Gasteiger partial charge is 0.278 e. The topological polar surface area (TPSA) is 63.6 Å². The average Bonchev–Trinajstić information content (AvgIpc) is 2.46. The lowest BCUT2D eigenvalue weighted by Crippen LogP contribution is -2.15. The third-order valence-electron chi connectivity index (χ3n) is 1.74. The standard InChI is InChI=1S/C8H8N4O/c1-2-3-12-8(13)6-4-9-5-10-7(6)11-12/h2,4-5H,1,3H2,(H,9,10,11). The molecular formula is C8H8N4O. The van der Waals surface area contributed by atoms with Crippen molar-refractivity contribution >= 4 is 11.0 Å². The monoisotopic (exact) mass is 176 g/mol. The molecule has 0 aromatic carbocycles.